The molecule has 9 heteroatoms. The van der Waals surface area contributed by atoms with Crippen molar-refractivity contribution in [3.63, 3.8) is 0 Å². The standard InChI is InChI=1S/C16H27N7S.HI/c1-12-9-13(2)23(21-12)8-6-7-18-15(17-3)19-10-14-11-24-16(20-14)22(4)5;/h9,11H,6-8,10H2,1-5H3,(H2,17,18,19);1H. The van der Waals surface area contributed by atoms with Crippen molar-refractivity contribution in [1.82, 2.24) is 25.4 Å². The van der Waals surface area contributed by atoms with Gasteiger partial charge in [0, 0.05) is 45.3 Å². The van der Waals surface area contributed by atoms with Gasteiger partial charge >= 0.3 is 0 Å². The monoisotopic (exact) mass is 477 g/mol. The molecule has 2 heterocycles. The summed E-state index contributed by atoms with van der Waals surface area (Å²) >= 11 is 1.64. The highest BCUT2D eigenvalue weighted by Gasteiger charge is 2.05. The van der Waals surface area contributed by atoms with Gasteiger partial charge in [0.15, 0.2) is 11.1 Å². The number of aromatic nitrogens is 3. The minimum Gasteiger partial charge on any atom is -0.356 e. The minimum absolute atomic E-state index is 0. The average Bonchev–Trinajstić information content (AvgIpc) is 3.13. The lowest BCUT2D eigenvalue weighted by atomic mass is 10.4. The summed E-state index contributed by atoms with van der Waals surface area (Å²) in [6.45, 7) is 6.53. The van der Waals surface area contributed by atoms with E-state index in [-0.39, 0.29) is 24.0 Å². The van der Waals surface area contributed by atoms with Crippen LogP contribution in [0, 0.1) is 13.8 Å². The van der Waals surface area contributed by atoms with Crippen LogP contribution in [0.4, 0.5) is 5.13 Å². The maximum absolute atomic E-state index is 4.55. The molecule has 0 aliphatic rings. The quantitative estimate of drug-likeness (QED) is 0.278. The van der Waals surface area contributed by atoms with Crippen molar-refractivity contribution in [2.75, 3.05) is 32.6 Å². The maximum atomic E-state index is 4.55. The number of guanidine groups is 1. The molecule has 0 bridgehead atoms. The van der Waals surface area contributed by atoms with Crippen LogP contribution < -0.4 is 15.5 Å². The van der Waals surface area contributed by atoms with Crippen molar-refractivity contribution < 1.29 is 0 Å². The molecule has 0 radical (unpaired) electrons. The molecule has 0 fully saturated rings. The van der Waals surface area contributed by atoms with Crippen LogP contribution >= 0.6 is 35.3 Å². The first-order chi connectivity index (χ1) is 11.5. The summed E-state index contributed by atoms with van der Waals surface area (Å²) in [5.74, 6) is 0.794. The van der Waals surface area contributed by atoms with E-state index in [0.29, 0.717) is 6.54 Å². The molecule has 0 aromatic carbocycles. The number of aliphatic imine (C=N–C) groups is 1. The van der Waals surface area contributed by atoms with Gasteiger partial charge in [0.05, 0.1) is 17.9 Å². The van der Waals surface area contributed by atoms with Gasteiger partial charge in [0.1, 0.15) is 0 Å². The summed E-state index contributed by atoms with van der Waals surface area (Å²) in [6, 6.07) is 2.10. The van der Waals surface area contributed by atoms with Gasteiger partial charge in [-0.3, -0.25) is 9.67 Å². The Morgan fingerprint density at radius 3 is 2.64 bits per heavy atom. The lowest BCUT2D eigenvalue weighted by molar-refractivity contribution is 0.555. The van der Waals surface area contributed by atoms with E-state index in [9.17, 15) is 0 Å². The molecule has 0 saturated heterocycles. The molecule has 0 amide bonds. The van der Waals surface area contributed by atoms with Crippen LogP contribution in [-0.2, 0) is 13.1 Å². The minimum atomic E-state index is 0. The van der Waals surface area contributed by atoms with Crippen LogP contribution in [-0.4, -0.2) is 48.4 Å². The van der Waals surface area contributed by atoms with Gasteiger partial charge in [-0.1, -0.05) is 0 Å². The number of anilines is 1. The average molecular weight is 477 g/mol. The Morgan fingerprint density at radius 1 is 1.32 bits per heavy atom. The molecule has 0 atom stereocenters. The summed E-state index contributed by atoms with van der Waals surface area (Å²) in [5, 5.41) is 14.2. The number of rotatable bonds is 7. The third-order valence-electron chi connectivity index (χ3n) is 3.53. The van der Waals surface area contributed by atoms with E-state index in [0.717, 1.165) is 42.0 Å². The molecule has 0 saturated carbocycles. The molecule has 2 aromatic rings. The molecule has 7 nitrogen and oxygen atoms in total. The zero-order chi connectivity index (χ0) is 17.5. The molecular weight excluding hydrogens is 449 g/mol. The first-order valence-corrected chi connectivity index (χ1v) is 8.95. The fraction of sp³-hybridized carbons (Fsp3) is 0.562. The number of aryl methyl sites for hydroxylation is 3. The number of nitrogens with one attached hydrogen (secondary N) is 2. The molecular formula is C16H28IN7S. The Balaban J connectivity index is 0.00000312. The fourth-order valence-electron chi connectivity index (χ4n) is 2.31. The lowest BCUT2D eigenvalue weighted by Gasteiger charge is -2.11. The smallest absolute Gasteiger partial charge is 0.191 e. The molecule has 140 valence electrons. The van der Waals surface area contributed by atoms with Crippen molar-refractivity contribution in [2.24, 2.45) is 4.99 Å². The summed E-state index contributed by atoms with van der Waals surface area (Å²) in [7, 11) is 5.78. The predicted molar refractivity (Wildman–Crippen MR) is 116 cm³/mol. The molecule has 0 spiro atoms. The second-order valence-electron chi connectivity index (χ2n) is 5.87. The van der Waals surface area contributed by atoms with Gasteiger partial charge in [-0.25, -0.2) is 4.98 Å². The van der Waals surface area contributed by atoms with Crippen molar-refractivity contribution in [2.45, 2.75) is 33.4 Å². The van der Waals surface area contributed by atoms with Crippen molar-refractivity contribution >= 4 is 46.4 Å². The van der Waals surface area contributed by atoms with E-state index in [1.54, 1.807) is 18.4 Å². The highest BCUT2D eigenvalue weighted by Crippen LogP contribution is 2.17. The second-order valence-corrected chi connectivity index (χ2v) is 6.71. The van der Waals surface area contributed by atoms with Crippen LogP contribution in [0.5, 0.6) is 0 Å². The van der Waals surface area contributed by atoms with Crippen LogP contribution in [0.25, 0.3) is 0 Å². The largest absolute Gasteiger partial charge is 0.356 e. The zero-order valence-corrected chi connectivity index (χ0v) is 18.7. The van der Waals surface area contributed by atoms with Crippen LogP contribution in [0.2, 0.25) is 0 Å². The Morgan fingerprint density at radius 2 is 2.08 bits per heavy atom. The topological polar surface area (TPSA) is 70.4 Å². The van der Waals surface area contributed by atoms with Crippen LogP contribution in [0.15, 0.2) is 16.4 Å². The zero-order valence-electron chi connectivity index (χ0n) is 15.5. The molecule has 0 aliphatic carbocycles. The summed E-state index contributed by atoms with van der Waals surface area (Å²) in [6.07, 6.45) is 0.990. The van der Waals surface area contributed by atoms with E-state index >= 15 is 0 Å². The van der Waals surface area contributed by atoms with Gasteiger partial charge in [-0.15, -0.1) is 35.3 Å². The number of nitrogens with zero attached hydrogens (tertiary/aromatic N) is 5. The van der Waals surface area contributed by atoms with Crippen LogP contribution in [0.1, 0.15) is 23.5 Å². The van der Waals surface area contributed by atoms with Crippen molar-refractivity contribution in [3.8, 4) is 0 Å². The van der Waals surface area contributed by atoms with Gasteiger partial charge < -0.3 is 15.5 Å². The number of hydrogen-bond acceptors (Lipinski definition) is 5. The highest BCUT2D eigenvalue weighted by molar-refractivity contribution is 14.0. The SMILES string of the molecule is CN=C(NCCCn1nc(C)cc1C)NCc1csc(N(C)C)n1.I. The summed E-state index contributed by atoms with van der Waals surface area (Å²) in [4.78, 5) is 10.8. The van der Waals surface area contributed by atoms with Gasteiger partial charge in [-0.2, -0.15) is 5.10 Å². The Labute approximate surface area is 171 Å². The Kier molecular flexibility index (Phi) is 9.19. The molecule has 0 unspecified atom stereocenters. The number of hydrogen-bond donors (Lipinski definition) is 2. The van der Waals surface area contributed by atoms with E-state index in [1.807, 2.05) is 30.6 Å². The third-order valence-corrected chi connectivity index (χ3v) is 4.58. The molecule has 25 heavy (non-hydrogen) atoms. The molecule has 2 N–H and O–H groups in total. The van der Waals surface area contributed by atoms with Crippen LogP contribution in [0.3, 0.4) is 0 Å². The van der Waals surface area contributed by atoms with E-state index in [4.69, 9.17) is 0 Å². The van der Waals surface area contributed by atoms with Crippen molar-refractivity contribution in [1.29, 1.82) is 0 Å². The fourth-order valence-corrected chi connectivity index (χ4v) is 3.07. The first-order valence-electron chi connectivity index (χ1n) is 8.07. The molecule has 2 rings (SSSR count). The second kappa shape index (κ2) is 10.6. The van der Waals surface area contributed by atoms with E-state index in [2.05, 4.69) is 44.1 Å². The van der Waals surface area contributed by atoms with E-state index in [1.165, 1.54) is 5.69 Å². The van der Waals surface area contributed by atoms with Gasteiger partial charge in [0.2, 0.25) is 0 Å². The Hall–Kier alpha value is -1.36. The number of thiazole rings is 1. The molecule has 0 aliphatic heterocycles. The highest BCUT2D eigenvalue weighted by atomic mass is 127. The van der Waals surface area contributed by atoms with Crippen molar-refractivity contribution in [3.05, 3.63) is 28.5 Å². The summed E-state index contributed by atoms with van der Waals surface area (Å²) in [5.41, 5.74) is 3.29. The third kappa shape index (κ3) is 6.81. The molecule has 2 aromatic heterocycles. The van der Waals surface area contributed by atoms with Gasteiger partial charge in [0.25, 0.3) is 0 Å². The Bertz CT molecular complexity index is 678. The number of halogens is 1. The predicted octanol–water partition coefficient (Wildman–Crippen LogP) is 2.40. The summed E-state index contributed by atoms with van der Waals surface area (Å²) < 4.78 is 2.05. The lowest BCUT2D eigenvalue weighted by Crippen LogP contribution is -2.37. The first kappa shape index (κ1) is 21.7. The van der Waals surface area contributed by atoms with E-state index < -0.39 is 0 Å². The van der Waals surface area contributed by atoms with Gasteiger partial charge in [-0.05, 0) is 26.3 Å². The maximum Gasteiger partial charge on any atom is 0.191 e. The normalized spacial score (nSPS) is 11.2.